The van der Waals surface area contributed by atoms with E-state index in [1.807, 2.05) is 97.1 Å². The van der Waals surface area contributed by atoms with Gasteiger partial charge in [0.15, 0.2) is 0 Å². The minimum absolute atomic E-state index is 0.0488. The zero-order chi connectivity index (χ0) is 37.1. The maximum absolute atomic E-state index is 14.4. The average Bonchev–Trinajstić information content (AvgIpc) is 3.58. The van der Waals surface area contributed by atoms with Gasteiger partial charge in [0.1, 0.15) is 18.4 Å². The monoisotopic (exact) mass is 762 g/mol. The van der Waals surface area contributed by atoms with E-state index in [0.29, 0.717) is 0 Å². The first-order chi connectivity index (χ1) is 25.7. The van der Waals surface area contributed by atoms with Gasteiger partial charge in [-0.1, -0.05) is 121 Å². The minimum Gasteiger partial charge on any atom is -0.349 e. The Morgan fingerprint density at radius 2 is 1.06 bits per heavy atom. The molecular formula is C38H40N2O11P2. The molecule has 6 rings (SSSR count). The third kappa shape index (κ3) is 11.1. The Morgan fingerprint density at radius 3 is 1.49 bits per heavy atom. The van der Waals surface area contributed by atoms with Gasteiger partial charge in [-0.05, 0) is 29.2 Å². The predicted octanol–water partition coefficient (Wildman–Crippen LogP) is 7.62. The van der Waals surface area contributed by atoms with Gasteiger partial charge in [0, 0.05) is 18.2 Å². The summed E-state index contributed by atoms with van der Waals surface area (Å²) in [5, 5.41) is 0. The lowest BCUT2D eigenvalue weighted by atomic mass is 10.2. The molecular weight excluding hydrogens is 722 g/mol. The molecule has 3 unspecified atom stereocenters. The summed E-state index contributed by atoms with van der Waals surface area (Å²) in [5.74, 6) is 0. The van der Waals surface area contributed by atoms with Crippen LogP contribution in [-0.2, 0) is 67.4 Å². The highest BCUT2D eigenvalue weighted by Crippen LogP contribution is 2.56. The lowest BCUT2D eigenvalue weighted by molar-refractivity contribution is -0.0509. The van der Waals surface area contributed by atoms with Crippen molar-refractivity contribution in [3.63, 3.8) is 0 Å². The number of nitrogens with one attached hydrogen (secondary N) is 1. The molecule has 4 aromatic carbocycles. The molecule has 0 saturated carbocycles. The van der Waals surface area contributed by atoms with Crippen LogP contribution in [0.1, 0.15) is 40.5 Å². The van der Waals surface area contributed by atoms with Crippen LogP contribution >= 0.6 is 15.6 Å². The van der Waals surface area contributed by atoms with Crippen LogP contribution in [0.5, 0.6) is 0 Å². The summed E-state index contributed by atoms with van der Waals surface area (Å²) < 4.78 is 71.4. The van der Waals surface area contributed by atoms with E-state index in [0.717, 1.165) is 22.3 Å². The van der Waals surface area contributed by atoms with Crippen LogP contribution in [0.2, 0.25) is 0 Å². The first-order valence-corrected chi connectivity index (χ1v) is 19.8. The Morgan fingerprint density at radius 1 is 0.642 bits per heavy atom. The number of rotatable bonds is 18. The van der Waals surface area contributed by atoms with E-state index in [-0.39, 0.29) is 38.4 Å². The maximum Gasteiger partial charge on any atom is 0.475 e. The zero-order valence-corrected chi connectivity index (χ0v) is 30.7. The van der Waals surface area contributed by atoms with Gasteiger partial charge in [-0.25, -0.2) is 13.9 Å². The van der Waals surface area contributed by atoms with Gasteiger partial charge < -0.3 is 4.74 Å². The van der Waals surface area contributed by atoms with Crippen molar-refractivity contribution in [2.75, 3.05) is 6.61 Å². The molecule has 1 aliphatic heterocycles. The van der Waals surface area contributed by atoms with Crippen LogP contribution in [0.25, 0.3) is 0 Å². The van der Waals surface area contributed by atoms with Gasteiger partial charge in [-0.15, -0.1) is 0 Å². The summed E-state index contributed by atoms with van der Waals surface area (Å²) in [6.07, 6.45) is -1.88. The number of aryl methyl sites for hydroxylation is 1. The molecule has 15 heteroatoms. The smallest absolute Gasteiger partial charge is 0.349 e. The molecule has 13 nitrogen and oxygen atoms in total. The van der Waals surface area contributed by atoms with E-state index in [9.17, 15) is 18.7 Å². The fraction of sp³-hybridized carbons (Fsp3) is 0.263. The van der Waals surface area contributed by atoms with Crippen molar-refractivity contribution in [3.8, 4) is 0 Å². The van der Waals surface area contributed by atoms with E-state index < -0.39 is 51.9 Å². The summed E-state index contributed by atoms with van der Waals surface area (Å²) in [6, 6.07) is 36.4. The molecule has 1 aliphatic rings. The van der Waals surface area contributed by atoms with Crippen molar-refractivity contribution in [2.24, 2.45) is 0 Å². The Labute approximate surface area is 306 Å². The standard InChI is InChI=1S/C38H40N2O11P2/c1-29-23-40(38(42)39-37(29)41)36-22-34(51-53(44,47-26-32-18-10-4-11-19-32)48-27-33-20-12-5-13-21-33)35(50-36)28-49-52(43,45-24-30-14-6-2-7-15-30)46-25-31-16-8-3-9-17-31/h2-21,23,34-36H,22,24-28H2,1H3,(H,39,41,42). The molecule has 0 spiro atoms. The molecule has 0 amide bonds. The molecule has 3 atom stereocenters. The van der Waals surface area contributed by atoms with Crippen molar-refractivity contribution in [3.05, 3.63) is 176 Å². The molecule has 278 valence electrons. The summed E-state index contributed by atoms with van der Waals surface area (Å²) in [4.78, 5) is 27.3. The van der Waals surface area contributed by atoms with Gasteiger partial charge in [0.2, 0.25) is 0 Å². The Kier molecular flexibility index (Phi) is 13.2. The molecule has 0 radical (unpaired) electrons. The van der Waals surface area contributed by atoms with E-state index >= 15 is 0 Å². The second-order valence-corrected chi connectivity index (χ2v) is 15.5. The topological polar surface area (TPSA) is 154 Å². The highest BCUT2D eigenvalue weighted by molar-refractivity contribution is 7.48. The van der Waals surface area contributed by atoms with Crippen LogP contribution in [0.4, 0.5) is 0 Å². The van der Waals surface area contributed by atoms with Crippen LogP contribution in [0.3, 0.4) is 0 Å². The maximum atomic E-state index is 14.4. The number of H-pyrrole nitrogens is 1. The van der Waals surface area contributed by atoms with Crippen LogP contribution < -0.4 is 11.2 Å². The number of nitrogens with zero attached hydrogens (tertiary/aromatic N) is 1. The second-order valence-electron chi connectivity index (χ2n) is 12.2. The number of ether oxygens (including phenoxy) is 1. The lowest BCUT2D eigenvalue weighted by Gasteiger charge is -2.25. The van der Waals surface area contributed by atoms with Crippen molar-refractivity contribution in [1.82, 2.24) is 9.55 Å². The number of aromatic amines is 1. The number of phosphoric acid groups is 2. The fourth-order valence-corrected chi connectivity index (χ4v) is 7.92. The van der Waals surface area contributed by atoms with Gasteiger partial charge in [0.25, 0.3) is 5.56 Å². The van der Waals surface area contributed by atoms with E-state index in [1.54, 1.807) is 31.2 Å². The number of aromatic nitrogens is 2. The van der Waals surface area contributed by atoms with Crippen LogP contribution in [0, 0.1) is 6.92 Å². The molecule has 2 heterocycles. The predicted molar refractivity (Wildman–Crippen MR) is 196 cm³/mol. The molecule has 1 aromatic heterocycles. The van der Waals surface area contributed by atoms with Crippen molar-refractivity contribution in [2.45, 2.75) is 58.2 Å². The molecule has 53 heavy (non-hydrogen) atoms. The number of hydrogen-bond acceptors (Lipinski definition) is 11. The molecule has 1 fully saturated rings. The normalized spacial score (nSPS) is 17.6. The number of hydrogen-bond donors (Lipinski definition) is 1. The largest absolute Gasteiger partial charge is 0.475 e. The zero-order valence-electron chi connectivity index (χ0n) is 28.9. The fourth-order valence-electron chi connectivity index (χ4n) is 5.38. The van der Waals surface area contributed by atoms with Crippen molar-refractivity contribution >= 4 is 15.6 Å². The van der Waals surface area contributed by atoms with Crippen LogP contribution in [0.15, 0.2) is 137 Å². The summed E-state index contributed by atoms with van der Waals surface area (Å²) in [5.41, 5.74) is 1.91. The minimum atomic E-state index is -4.37. The summed E-state index contributed by atoms with van der Waals surface area (Å²) in [6.45, 7) is 0.757. The van der Waals surface area contributed by atoms with Crippen molar-refractivity contribution < 1.29 is 41.0 Å². The number of benzene rings is 4. The Hall–Kier alpha value is -4.26. The first kappa shape index (κ1) is 38.5. The van der Waals surface area contributed by atoms with E-state index in [4.69, 9.17) is 31.9 Å². The van der Waals surface area contributed by atoms with Crippen LogP contribution in [-0.4, -0.2) is 28.4 Å². The molecule has 1 saturated heterocycles. The third-order valence-corrected chi connectivity index (χ3v) is 11.0. The second kappa shape index (κ2) is 18.2. The van der Waals surface area contributed by atoms with Gasteiger partial charge in [-0.2, -0.15) is 0 Å². The first-order valence-electron chi connectivity index (χ1n) is 16.9. The molecule has 0 aliphatic carbocycles. The highest BCUT2D eigenvalue weighted by Gasteiger charge is 2.45. The molecule has 5 aromatic rings. The SMILES string of the molecule is Cc1cn(C2CC(OP(=O)(OCc3ccccc3)OCc3ccccc3)C(COP(=O)(OCc3ccccc3)OCc3ccccc3)O2)c(=O)[nH]c1=O. The van der Waals surface area contributed by atoms with E-state index in [2.05, 4.69) is 4.98 Å². The van der Waals surface area contributed by atoms with Gasteiger partial charge in [-0.3, -0.25) is 41.5 Å². The summed E-state index contributed by atoms with van der Waals surface area (Å²) >= 11 is 0. The quantitative estimate of drug-likeness (QED) is 0.0878. The summed E-state index contributed by atoms with van der Waals surface area (Å²) in [7, 11) is -8.65. The van der Waals surface area contributed by atoms with Crippen molar-refractivity contribution in [1.29, 1.82) is 0 Å². The van der Waals surface area contributed by atoms with Gasteiger partial charge in [0.05, 0.1) is 33.0 Å². The molecule has 1 N–H and O–H groups in total. The van der Waals surface area contributed by atoms with E-state index in [1.165, 1.54) is 10.8 Å². The third-order valence-electron chi connectivity index (χ3n) is 8.23. The van der Waals surface area contributed by atoms with Gasteiger partial charge >= 0.3 is 21.3 Å². The Bertz CT molecular complexity index is 2020. The lowest BCUT2D eigenvalue weighted by Crippen LogP contribution is -2.33. The number of phosphoric ester groups is 2. The average molecular weight is 763 g/mol. The Balaban J connectivity index is 1.26. The highest BCUT2D eigenvalue weighted by atomic mass is 31.2. The molecule has 0 bridgehead atoms.